The van der Waals surface area contributed by atoms with E-state index in [0.717, 1.165) is 41.7 Å². The summed E-state index contributed by atoms with van der Waals surface area (Å²) in [4.78, 5) is 18.9. The molecular formula is C19H21N3O3. The predicted octanol–water partition coefficient (Wildman–Crippen LogP) is 2.98. The molecule has 6 nitrogen and oxygen atoms in total. The lowest BCUT2D eigenvalue weighted by Crippen LogP contribution is -2.19. The van der Waals surface area contributed by atoms with Gasteiger partial charge in [-0.05, 0) is 49.1 Å². The number of anilines is 2. The number of nitrogens with one attached hydrogen (secondary N) is 1. The highest BCUT2D eigenvalue weighted by atomic mass is 16.7. The van der Waals surface area contributed by atoms with Crippen LogP contribution in [0.4, 0.5) is 11.5 Å². The zero-order valence-electron chi connectivity index (χ0n) is 14.0. The van der Waals surface area contributed by atoms with Crippen molar-refractivity contribution in [1.29, 1.82) is 0 Å². The van der Waals surface area contributed by atoms with Gasteiger partial charge in [-0.1, -0.05) is 6.07 Å². The van der Waals surface area contributed by atoms with Crippen LogP contribution in [-0.4, -0.2) is 30.8 Å². The van der Waals surface area contributed by atoms with Crippen molar-refractivity contribution in [3.05, 3.63) is 42.1 Å². The van der Waals surface area contributed by atoms with E-state index in [2.05, 4.69) is 15.2 Å². The van der Waals surface area contributed by atoms with E-state index in [-0.39, 0.29) is 12.7 Å². The van der Waals surface area contributed by atoms with Crippen molar-refractivity contribution in [1.82, 2.24) is 4.98 Å². The largest absolute Gasteiger partial charge is 0.454 e. The second-order valence-electron chi connectivity index (χ2n) is 6.34. The van der Waals surface area contributed by atoms with Crippen molar-refractivity contribution in [2.75, 3.05) is 30.1 Å². The Kier molecular flexibility index (Phi) is 4.41. The summed E-state index contributed by atoms with van der Waals surface area (Å²) >= 11 is 0. The summed E-state index contributed by atoms with van der Waals surface area (Å²) < 4.78 is 10.7. The molecule has 25 heavy (non-hydrogen) atoms. The number of ether oxygens (including phenoxy) is 2. The van der Waals surface area contributed by atoms with Crippen LogP contribution in [0.1, 0.15) is 24.8 Å². The van der Waals surface area contributed by atoms with E-state index in [1.807, 2.05) is 30.3 Å². The number of amides is 1. The molecular weight excluding hydrogens is 318 g/mol. The smallest absolute Gasteiger partial charge is 0.231 e. The van der Waals surface area contributed by atoms with Crippen molar-refractivity contribution >= 4 is 17.4 Å². The Morgan fingerprint density at radius 2 is 1.96 bits per heavy atom. The van der Waals surface area contributed by atoms with Gasteiger partial charge in [-0.3, -0.25) is 4.79 Å². The van der Waals surface area contributed by atoms with Crippen LogP contribution < -0.4 is 19.7 Å². The lowest BCUT2D eigenvalue weighted by molar-refractivity contribution is -0.116. The fourth-order valence-corrected chi connectivity index (χ4v) is 3.17. The molecule has 1 N–H and O–H groups in total. The van der Waals surface area contributed by atoms with Crippen molar-refractivity contribution < 1.29 is 14.3 Å². The summed E-state index contributed by atoms with van der Waals surface area (Å²) in [6, 6.07) is 9.67. The minimum absolute atomic E-state index is 0.0200. The second-order valence-corrected chi connectivity index (χ2v) is 6.34. The topological polar surface area (TPSA) is 63.7 Å². The SMILES string of the molecule is O=C(CCc1ccc2c(c1)OCO2)Nc1ccc(N2CCCC2)nc1. The number of aromatic nitrogens is 1. The van der Waals surface area contributed by atoms with E-state index >= 15 is 0 Å². The van der Waals surface area contributed by atoms with Gasteiger partial charge in [-0.2, -0.15) is 0 Å². The van der Waals surface area contributed by atoms with Crippen molar-refractivity contribution in [2.45, 2.75) is 25.7 Å². The molecule has 0 atom stereocenters. The third-order valence-electron chi connectivity index (χ3n) is 4.54. The van der Waals surface area contributed by atoms with Crippen LogP contribution >= 0.6 is 0 Å². The van der Waals surface area contributed by atoms with Gasteiger partial charge < -0.3 is 19.7 Å². The second kappa shape index (κ2) is 7.01. The van der Waals surface area contributed by atoms with Crippen molar-refractivity contribution in [3.8, 4) is 11.5 Å². The van der Waals surface area contributed by atoms with Gasteiger partial charge in [0.05, 0.1) is 11.9 Å². The molecule has 1 fully saturated rings. The van der Waals surface area contributed by atoms with Crippen LogP contribution in [-0.2, 0) is 11.2 Å². The number of hydrogen-bond donors (Lipinski definition) is 1. The van der Waals surface area contributed by atoms with Crippen LogP contribution in [0.25, 0.3) is 0 Å². The molecule has 0 spiro atoms. The molecule has 1 amide bonds. The Hall–Kier alpha value is -2.76. The van der Waals surface area contributed by atoms with Crippen LogP contribution in [0.2, 0.25) is 0 Å². The first-order chi connectivity index (χ1) is 12.3. The highest BCUT2D eigenvalue weighted by molar-refractivity contribution is 5.90. The lowest BCUT2D eigenvalue weighted by atomic mass is 10.1. The van der Waals surface area contributed by atoms with Gasteiger partial charge in [0, 0.05) is 19.5 Å². The van der Waals surface area contributed by atoms with Crippen LogP contribution in [0.15, 0.2) is 36.5 Å². The summed E-state index contributed by atoms with van der Waals surface area (Å²) in [5, 5.41) is 2.91. The third kappa shape index (κ3) is 3.68. The minimum Gasteiger partial charge on any atom is -0.454 e. The number of benzene rings is 1. The van der Waals surface area contributed by atoms with Gasteiger partial charge in [0.15, 0.2) is 11.5 Å². The summed E-state index contributed by atoms with van der Waals surface area (Å²) in [6.07, 6.45) is 5.24. The van der Waals surface area contributed by atoms with Gasteiger partial charge in [-0.15, -0.1) is 0 Å². The number of carbonyl (C=O) groups excluding carboxylic acids is 1. The first-order valence-electron chi connectivity index (χ1n) is 8.67. The molecule has 1 aromatic heterocycles. The fourth-order valence-electron chi connectivity index (χ4n) is 3.17. The average Bonchev–Trinajstić information content (AvgIpc) is 3.32. The maximum absolute atomic E-state index is 12.2. The molecule has 1 aromatic carbocycles. The summed E-state index contributed by atoms with van der Waals surface area (Å²) in [7, 11) is 0. The summed E-state index contributed by atoms with van der Waals surface area (Å²) in [5.41, 5.74) is 1.79. The van der Waals surface area contributed by atoms with E-state index in [1.165, 1.54) is 12.8 Å². The Morgan fingerprint density at radius 3 is 2.76 bits per heavy atom. The zero-order valence-corrected chi connectivity index (χ0v) is 14.0. The van der Waals surface area contributed by atoms with Crippen molar-refractivity contribution in [3.63, 3.8) is 0 Å². The van der Waals surface area contributed by atoms with E-state index in [9.17, 15) is 4.79 Å². The molecule has 4 rings (SSSR count). The number of aryl methyl sites for hydroxylation is 1. The highest BCUT2D eigenvalue weighted by Crippen LogP contribution is 2.32. The van der Waals surface area contributed by atoms with Gasteiger partial charge in [-0.25, -0.2) is 4.98 Å². The van der Waals surface area contributed by atoms with Gasteiger partial charge >= 0.3 is 0 Å². The first kappa shape index (κ1) is 15.7. The number of hydrogen-bond acceptors (Lipinski definition) is 5. The van der Waals surface area contributed by atoms with Crippen LogP contribution in [0, 0.1) is 0 Å². The van der Waals surface area contributed by atoms with E-state index < -0.39 is 0 Å². The molecule has 2 aliphatic heterocycles. The minimum atomic E-state index is -0.0200. The monoisotopic (exact) mass is 339 g/mol. The summed E-state index contributed by atoms with van der Waals surface area (Å²) in [6.45, 7) is 2.39. The maximum atomic E-state index is 12.2. The predicted molar refractivity (Wildman–Crippen MR) is 95.2 cm³/mol. The molecule has 2 aliphatic rings. The molecule has 0 aliphatic carbocycles. The summed E-state index contributed by atoms with van der Waals surface area (Å²) in [5.74, 6) is 2.47. The Bertz CT molecular complexity index is 755. The Labute approximate surface area is 146 Å². The molecule has 0 radical (unpaired) electrons. The number of fused-ring (bicyclic) bond motifs is 1. The quantitative estimate of drug-likeness (QED) is 0.907. The Balaban J connectivity index is 1.30. The molecule has 0 bridgehead atoms. The molecule has 3 heterocycles. The molecule has 6 heteroatoms. The number of pyridine rings is 1. The Morgan fingerprint density at radius 1 is 1.12 bits per heavy atom. The van der Waals surface area contributed by atoms with Gasteiger partial charge in [0.1, 0.15) is 5.82 Å². The highest BCUT2D eigenvalue weighted by Gasteiger charge is 2.15. The fraction of sp³-hybridized carbons (Fsp3) is 0.368. The number of rotatable bonds is 5. The van der Waals surface area contributed by atoms with Gasteiger partial charge in [0.25, 0.3) is 0 Å². The molecule has 1 saturated heterocycles. The standard InChI is InChI=1S/C19H21N3O3/c23-19(8-4-14-3-6-16-17(11-14)25-13-24-16)21-15-5-7-18(20-12-15)22-9-1-2-10-22/h3,5-7,11-12H,1-2,4,8-10,13H2,(H,21,23). The molecule has 2 aromatic rings. The third-order valence-corrected chi connectivity index (χ3v) is 4.54. The maximum Gasteiger partial charge on any atom is 0.231 e. The van der Waals surface area contributed by atoms with E-state index in [4.69, 9.17) is 9.47 Å². The average molecular weight is 339 g/mol. The molecule has 130 valence electrons. The zero-order chi connectivity index (χ0) is 17.1. The normalized spacial score (nSPS) is 15.4. The molecule has 0 saturated carbocycles. The lowest BCUT2D eigenvalue weighted by Gasteiger charge is -2.16. The van der Waals surface area contributed by atoms with Crippen LogP contribution in [0.3, 0.4) is 0 Å². The van der Waals surface area contributed by atoms with E-state index in [1.54, 1.807) is 6.20 Å². The van der Waals surface area contributed by atoms with Crippen molar-refractivity contribution in [2.24, 2.45) is 0 Å². The number of nitrogens with zero attached hydrogens (tertiary/aromatic N) is 2. The van der Waals surface area contributed by atoms with E-state index in [0.29, 0.717) is 12.8 Å². The molecule has 0 unspecified atom stereocenters. The number of carbonyl (C=O) groups is 1. The first-order valence-corrected chi connectivity index (χ1v) is 8.67. The van der Waals surface area contributed by atoms with Crippen LogP contribution in [0.5, 0.6) is 11.5 Å². The van der Waals surface area contributed by atoms with Gasteiger partial charge in [0.2, 0.25) is 12.7 Å².